The molecule has 4 rings (SSSR count). The monoisotopic (exact) mass is 376 g/mol. The number of ether oxygens (including phenoxy) is 1. The minimum absolute atomic E-state index is 0.0438. The van der Waals surface area contributed by atoms with Gasteiger partial charge in [0.2, 0.25) is 5.91 Å². The van der Waals surface area contributed by atoms with Gasteiger partial charge >= 0.3 is 0 Å². The predicted octanol–water partition coefficient (Wildman–Crippen LogP) is 4.49. The van der Waals surface area contributed by atoms with Crippen LogP contribution in [0.1, 0.15) is 0 Å². The maximum atomic E-state index is 12.5. The van der Waals surface area contributed by atoms with Crippen molar-refractivity contribution in [2.24, 2.45) is 0 Å². The Kier molecular flexibility index (Phi) is 4.72. The minimum atomic E-state index is -0.284. The third-order valence-electron chi connectivity index (χ3n) is 3.97. The summed E-state index contributed by atoms with van der Waals surface area (Å²) in [5.74, 6) is 0.938. The average molecular weight is 376 g/mol. The fraction of sp³-hybridized carbons (Fsp3) is 0.0476. The Hall–Kier alpha value is -3.38. The van der Waals surface area contributed by atoms with Gasteiger partial charge in [0.1, 0.15) is 12.3 Å². The molecule has 5 nitrogen and oxygen atoms in total. The van der Waals surface area contributed by atoms with Crippen molar-refractivity contribution in [3.05, 3.63) is 89.2 Å². The number of anilines is 1. The van der Waals surface area contributed by atoms with Crippen LogP contribution in [-0.4, -0.2) is 9.86 Å². The van der Waals surface area contributed by atoms with Gasteiger partial charge in [-0.3, -0.25) is 13.5 Å². The van der Waals surface area contributed by atoms with E-state index in [0.29, 0.717) is 22.6 Å². The first-order valence-corrected chi connectivity index (χ1v) is 9.19. The standard InChI is InChI=1S/C21H16N2O3S/c24-20(14-23-21(25)16-10-4-7-13-19(16)27-23)22-17-11-5-6-12-18(17)26-15-8-2-1-3-9-15/h1-13H,14H2,(H,22,24). The van der Waals surface area contributed by atoms with E-state index in [2.05, 4.69) is 5.32 Å². The van der Waals surface area contributed by atoms with E-state index < -0.39 is 0 Å². The SMILES string of the molecule is O=C(Cn1sc2ccccc2c1=O)Nc1ccccc1Oc1ccccc1. The summed E-state index contributed by atoms with van der Waals surface area (Å²) >= 11 is 1.28. The fourth-order valence-corrected chi connectivity index (χ4v) is 3.71. The summed E-state index contributed by atoms with van der Waals surface area (Å²) in [6, 6.07) is 23.9. The highest BCUT2D eigenvalue weighted by Gasteiger charge is 2.13. The molecule has 27 heavy (non-hydrogen) atoms. The first-order valence-electron chi connectivity index (χ1n) is 8.41. The second-order valence-electron chi connectivity index (χ2n) is 5.89. The van der Waals surface area contributed by atoms with Crippen LogP contribution in [0, 0.1) is 0 Å². The highest BCUT2D eigenvalue weighted by atomic mass is 32.1. The Bertz CT molecular complexity index is 1150. The van der Waals surface area contributed by atoms with E-state index in [1.807, 2.05) is 60.7 Å². The van der Waals surface area contributed by atoms with Crippen LogP contribution in [0.4, 0.5) is 5.69 Å². The molecule has 1 aromatic heterocycles. The van der Waals surface area contributed by atoms with Crippen molar-refractivity contribution in [2.75, 3.05) is 5.32 Å². The highest BCUT2D eigenvalue weighted by Crippen LogP contribution is 2.29. The topological polar surface area (TPSA) is 60.3 Å². The van der Waals surface area contributed by atoms with Gasteiger partial charge in [-0.2, -0.15) is 0 Å². The number of aromatic nitrogens is 1. The number of benzene rings is 3. The van der Waals surface area contributed by atoms with Gasteiger partial charge in [0.05, 0.1) is 15.8 Å². The molecule has 0 saturated heterocycles. The van der Waals surface area contributed by atoms with Crippen LogP contribution < -0.4 is 15.6 Å². The predicted molar refractivity (Wildman–Crippen MR) is 108 cm³/mol. The number of carbonyl (C=O) groups excluding carboxylic acids is 1. The molecule has 4 aromatic rings. The Morgan fingerprint density at radius 1 is 0.926 bits per heavy atom. The van der Waals surface area contributed by atoms with E-state index in [1.165, 1.54) is 15.5 Å². The van der Waals surface area contributed by atoms with Crippen molar-refractivity contribution < 1.29 is 9.53 Å². The third kappa shape index (κ3) is 3.75. The molecular formula is C21H16N2O3S. The lowest BCUT2D eigenvalue weighted by molar-refractivity contribution is -0.116. The maximum Gasteiger partial charge on any atom is 0.268 e. The molecule has 1 heterocycles. The van der Waals surface area contributed by atoms with E-state index in [9.17, 15) is 9.59 Å². The van der Waals surface area contributed by atoms with E-state index in [4.69, 9.17) is 4.74 Å². The first kappa shape index (κ1) is 17.1. The summed E-state index contributed by atoms with van der Waals surface area (Å²) in [6.07, 6.45) is 0. The van der Waals surface area contributed by atoms with Gasteiger partial charge in [-0.05, 0) is 36.4 Å². The van der Waals surface area contributed by atoms with Gasteiger partial charge in [0, 0.05) is 0 Å². The molecule has 0 saturated carbocycles. The molecule has 0 aliphatic heterocycles. The minimum Gasteiger partial charge on any atom is -0.455 e. The lowest BCUT2D eigenvalue weighted by Crippen LogP contribution is -2.23. The van der Waals surface area contributed by atoms with E-state index in [-0.39, 0.29) is 18.0 Å². The third-order valence-corrected chi connectivity index (χ3v) is 5.04. The van der Waals surface area contributed by atoms with Crippen molar-refractivity contribution in [3.8, 4) is 11.5 Å². The van der Waals surface area contributed by atoms with Gasteiger partial charge < -0.3 is 10.1 Å². The van der Waals surface area contributed by atoms with Gasteiger partial charge in [0.15, 0.2) is 5.75 Å². The zero-order valence-electron chi connectivity index (χ0n) is 14.3. The van der Waals surface area contributed by atoms with Crippen molar-refractivity contribution >= 4 is 33.2 Å². The number of hydrogen-bond acceptors (Lipinski definition) is 4. The molecule has 6 heteroatoms. The molecule has 0 aliphatic rings. The van der Waals surface area contributed by atoms with E-state index in [1.54, 1.807) is 18.2 Å². The summed E-state index contributed by atoms with van der Waals surface area (Å²) in [4.78, 5) is 24.9. The molecule has 0 aliphatic carbocycles. The quantitative estimate of drug-likeness (QED) is 0.558. The number of carbonyl (C=O) groups is 1. The Morgan fingerprint density at radius 2 is 1.63 bits per heavy atom. The van der Waals surface area contributed by atoms with Crippen LogP contribution >= 0.6 is 11.5 Å². The van der Waals surface area contributed by atoms with Crippen LogP contribution in [0.15, 0.2) is 83.7 Å². The van der Waals surface area contributed by atoms with Crippen LogP contribution in [0.25, 0.3) is 10.1 Å². The van der Waals surface area contributed by atoms with Gasteiger partial charge in [-0.25, -0.2) is 0 Å². The summed E-state index contributed by atoms with van der Waals surface area (Å²) in [7, 11) is 0. The number of fused-ring (bicyclic) bond motifs is 1. The van der Waals surface area contributed by atoms with Gasteiger partial charge in [-0.1, -0.05) is 54.0 Å². The zero-order chi connectivity index (χ0) is 18.6. The molecule has 0 bridgehead atoms. The number of nitrogens with one attached hydrogen (secondary N) is 1. The first-order chi connectivity index (χ1) is 13.2. The van der Waals surface area contributed by atoms with Crippen LogP contribution in [0.3, 0.4) is 0 Å². The number of para-hydroxylation sites is 3. The maximum absolute atomic E-state index is 12.5. The van der Waals surface area contributed by atoms with Crippen LogP contribution in [0.5, 0.6) is 11.5 Å². The highest BCUT2D eigenvalue weighted by molar-refractivity contribution is 7.13. The number of nitrogens with zero attached hydrogens (tertiary/aromatic N) is 1. The lowest BCUT2D eigenvalue weighted by Gasteiger charge is -2.12. The molecule has 1 amide bonds. The fourth-order valence-electron chi connectivity index (χ4n) is 2.72. The normalized spacial score (nSPS) is 10.7. The molecule has 3 aromatic carbocycles. The summed E-state index contributed by atoms with van der Waals surface area (Å²) in [5.41, 5.74) is 0.403. The zero-order valence-corrected chi connectivity index (χ0v) is 15.1. The second kappa shape index (κ2) is 7.47. The molecule has 0 spiro atoms. The Balaban J connectivity index is 1.53. The van der Waals surface area contributed by atoms with Crippen molar-refractivity contribution in [3.63, 3.8) is 0 Å². The van der Waals surface area contributed by atoms with E-state index >= 15 is 0 Å². The van der Waals surface area contributed by atoms with Crippen molar-refractivity contribution in [1.82, 2.24) is 3.96 Å². The second-order valence-corrected chi connectivity index (χ2v) is 6.95. The Labute approximate surface area is 159 Å². The lowest BCUT2D eigenvalue weighted by atomic mass is 10.2. The van der Waals surface area contributed by atoms with Crippen LogP contribution in [0.2, 0.25) is 0 Å². The van der Waals surface area contributed by atoms with Crippen LogP contribution in [-0.2, 0) is 11.3 Å². The number of hydrogen-bond donors (Lipinski definition) is 1. The van der Waals surface area contributed by atoms with E-state index in [0.717, 1.165) is 4.70 Å². The smallest absolute Gasteiger partial charge is 0.268 e. The van der Waals surface area contributed by atoms with Gasteiger partial charge in [-0.15, -0.1) is 0 Å². The Morgan fingerprint density at radius 3 is 2.44 bits per heavy atom. The largest absolute Gasteiger partial charge is 0.455 e. The molecule has 0 unspecified atom stereocenters. The molecule has 1 N–H and O–H groups in total. The van der Waals surface area contributed by atoms with Gasteiger partial charge in [0.25, 0.3) is 5.56 Å². The molecule has 0 atom stereocenters. The van der Waals surface area contributed by atoms with Crippen molar-refractivity contribution in [1.29, 1.82) is 0 Å². The number of rotatable bonds is 5. The summed E-state index contributed by atoms with van der Waals surface area (Å²) < 4.78 is 8.17. The molecular weight excluding hydrogens is 360 g/mol. The average Bonchev–Trinajstić information content (AvgIpc) is 3.00. The number of amides is 1. The summed E-state index contributed by atoms with van der Waals surface area (Å²) in [6.45, 7) is -0.0438. The molecule has 0 radical (unpaired) electrons. The molecule has 134 valence electrons. The summed E-state index contributed by atoms with van der Waals surface area (Å²) in [5, 5.41) is 3.46. The van der Waals surface area contributed by atoms with Crippen molar-refractivity contribution in [2.45, 2.75) is 6.54 Å². The molecule has 0 fully saturated rings.